The van der Waals surface area contributed by atoms with Gasteiger partial charge in [0.15, 0.2) is 5.78 Å². The van der Waals surface area contributed by atoms with Gasteiger partial charge in [-0.05, 0) is 31.5 Å². The van der Waals surface area contributed by atoms with Gasteiger partial charge in [0.1, 0.15) is 0 Å². The van der Waals surface area contributed by atoms with Gasteiger partial charge in [0.2, 0.25) is 0 Å². The number of benzene rings is 2. The first-order chi connectivity index (χ1) is 11.5. The van der Waals surface area contributed by atoms with Crippen LogP contribution < -0.4 is 5.32 Å². The molecule has 0 amide bonds. The molecule has 1 atom stereocenters. The lowest BCUT2D eigenvalue weighted by atomic mass is 10.2. The smallest absolute Gasteiger partial charge is 0.357 e. The van der Waals surface area contributed by atoms with Crippen LogP contribution in [0.2, 0.25) is 10.0 Å². The molecule has 1 N–H and O–H groups in total. The van der Waals surface area contributed by atoms with Crippen molar-refractivity contribution in [2.75, 3.05) is 18.5 Å². The molecule has 2 aromatic carbocycles. The van der Waals surface area contributed by atoms with E-state index >= 15 is 0 Å². The summed E-state index contributed by atoms with van der Waals surface area (Å²) in [5, 5.41) is 3.96. The topological polar surface area (TPSA) is 47.6 Å². The summed E-state index contributed by atoms with van der Waals surface area (Å²) < 4.78 is 24.4. The van der Waals surface area contributed by atoms with Gasteiger partial charge >= 0.3 is 7.60 Å². The Bertz CT molecular complexity index is 702. The van der Waals surface area contributed by atoms with Crippen LogP contribution in [0, 0.1) is 0 Å². The van der Waals surface area contributed by atoms with E-state index in [0.717, 1.165) is 5.56 Å². The predicted octanol–water partition coefficient (Wildman–Crippen LogP) is 6.37. The molecule has 0 aliphatic rings. The third-order valence-corrected chi connectivity index (χ3v) is 6.41. The second kappa shape index (κ2) is 8.89. The lowest BCUT2D eigenvalue weighted by Gasteiger charge is -2.28. The molecule has 0 saturated carbocycles. The average Bonchev–Trinajstić information content (AvgIpc) is 2.57. The highest BCUT2D eigenvalue weighted by Crippen LogP contribution is 2.61. The summed E-state index contributed by atoms with van der Waals surface area (Å²) in [7, 11) is -3.46. The molecule has 0 aliphatic carbocycles. The van der Waals surface area contributed by atoms with E-state index in [9.17, 15) is 4.57 Å². The highest BCUT2D eigenvalue weighted by Gasteiger charge is 2.37. The Kier molecular flexibility index (Phi) is 7.15. The Morgan fingerprint density at radius 2 is 1.62 bits per heavy atom. The van der Waals surface area contributed by atoms with Crippen LogP contribution in [0.4, 0.5) is 5.69 Å². The van der Waals surface area contributed by atoms with Crippen molar-refractivity contribution in [1.82, 2.24) is 0 Å². The second-order valence-corrected chi connectivity index (χ2v) is 7.83. The van der Waals surface area contributed by atoms with Crippen LogP contribution in [0.3, 0.4) is 0 Å². The first-order valence-electron chi connectivity index (χ1n) is 7.66. The van der Waals surface area contributed by atoms with Gasteiger partial charge in [-0.2, -0.15) is 0 Å². The van der Waals surface area contributed by atoms with Gasteiger partial charge in [0.05, 0.1) is 28.9 Å². The molecule has 24 heavy (non-hydrogen) atoms. The SMILES string of the molecule is CCOP(=O)(OCC)C(Nc1cccc(Cl)c1Cl)c1ccccc1. The van der Waals surface area contributed by atoms with Crippen molar-refractivity contribution >= 4 is 36.5 Å². The Hall–Kier alpha value is -1.03. The summed E-state index contributed by atoms with van der Waals surface area (Å²) in [6.45, 7) is 4.09. The van der Waals surface area contributed by atoms with Gasteiger partial charge in [-0.15, -0.1) is 0 Å². The first kappa shape index (κ1) is 19.3. The summed E-state index contributed by atoms with van der Waals surface area (Å²) in [6.07, 6.45) is 0. The van der Waals surface area contributed by atoms with Gasteiger partial charge in [-0.3, -0.25) is 4.57 Å². The number of anilines is 1. The predicted molar refractivity (Wildman–Crippen MR) is 100 cm³/mol. The summed E-state index contributed by atoms with van der Waals surface area (Å²) in [5.74, 6) is -0.699. The van der Waals surface area contributed by atoms with Crippen molar-refractivity contribution in [3.63, 3.8) is 0 Å². The molecule has 7 heteroatoms. The third-order valence-electron chi connectivity index (χ3n) is 3.29. The monoisotopic (exact) mass is 387 g/mol. The molecule has 2 rings (SSSR count). The summed E-state index contributed by atoms with van der Waals surface area (Å²) >= 11 is 12.3. The number of hydrogen-bond acceptors (Lipinski definition) is 4. The highest BCUT2D eigenvalue weighted by molar-refractivity contribution is 7.54. The van der Waals surface area contributed by atoms with E-state index in [1.165, 1.54) is 0 Å². The quantitative estimate of drug-likeness (QED) is 0.534. The molecule has 0 aromatic heterocycles. The molecular formula is C17H20Cl2NO3P. The lowest BCUT2D eigenvalue weighted by Crippen LogP contribution is -2.15. The van der Waals surface area contributed by atoms with E-state index in [1.54, 1.807) is 32.0 Å². The molecule has 0 radical (unpaired) electrons. The van der Waals surface area contributed by atoms with Gasteiger partial charge in [0.25, 0.3) is 0 Å². The Labute approximate surface area is 152 Å². The largest absolute Gasteiger partial charge is 0.367 e. The maximum Gasteiger partial charge on any atom is 0.357 e. The molecule has 0 saturated heterocycles. The standard InChI is InChI=1S/C17H20Cl2NO3P/c1-3-22-24(21,23-4-2)17(13-9-6-5-7-10-13)20-15-12-8-11-14(18)16(15)19/h5-12,17,20H,3-4H2,1-2H3. The van der Waals surface area contributed by atoms with E-state index in [2.05, 4.69) is 5.32 Å². The molecule has 2 aromatic rings. The fourth-order valence-electron chi connectivity index (χ4n) is 2.29. The zero-order valence-corrected chi connectivity index (χ0v) is 15.9. The van der Waals surface area contributed by atoms with Crippen molar-refractivity contribution in [3.05, 3.63) is 64.1 Å². The van der Waals surface area contributed by atoms with E-state index in [4.69, 9.17) is 32.2 Å². The minimum Gasteiger partial charge on any atom is -0.367 e. The van der Waals surface area contributed by atoms with Crippen molar-refractivity contribution in [2.45, 2.75) is 19.6 Å². The number of halogens is 2. The fourth-order valence-corrected chi connectivity index (χ4v) is 4.57. The van der Waals surface area contributed by atoms with Crippen LogP contribution in [-0.2, 0) is 13.6 Å². The van der Waals surface area contributed by atoms with Gasteiger partial charge in [-0.1, -0.05) is 59.6 Å². The van der Waals surface area contributed by atoms with Crippen LogP contribution in [0.25, 0.3) is 0 Å². The minimum atomic E-state index is -3.46. The minimum absolute atomic E-state index is 0.269. The van der Waals surface area contributed by atoms with Crippen molar-refractivity contribution in [1.29, 1.82) is 0 Å². The van der Waals surface area contributed by atoms with Crippen molar-refractivity contribution in [2.24, 2.45) is 0 Å². The third kappa shape index (κ3) is 4.53. The number of nitrogens with one attached hydrogen (secondary N) is 1. The fraction of sp³-hybridized carbons (Fsp3) is 0.294. The summed E-state index contributed by atoms with van der Waals surface area (Å²) in [4.78, 5) is 0. The zero-order chi connectivity index (χ0) is 17.6. The number of hydrogen-bond donors (Lipinski definition) is 1. The molecule has 130 valence electrons. The van der Waals surface area contributed by atoms with Crippen LogP contribution in [0.1, 0.15) is 25.2 Å². The first-order valence-corrected chi connectivity index (χ1v) is 10.0. The zero-order valence-electron chi connectivity index (χ0n) is 13.5. The van der Waals surface area contributed by atoms with E-state index in [0.29, 0.717) is 15.7 Å². The highest BCUT2D eigenvalue weighted by atomic mass is 35.5. The molecule has 0 aliphatic heterocycles. The number of rotatable bonds is 8. The maximum atomic E-state index is 13.3. The van der Waals surface area contributed by atoms with Crippen LogP contribution in [-0.4, -0.2) is 13.2 Å². The normalized spacial score (nSPS) is 12.8. The van der Waals surface area contributed by atoms with Crippen LogP contribution in [0.5, 0.6) is 0 Å². The molecule has 4 nitrogen and oxygen atoms in total. The Morgan fingerprint density at radius 1 is 1.00 bits per heavy atom. The van der Waals surface area contributed by atoms with E-state index in [1.807, 2.05) is 30.3 Å². The van der Waals surface area contributed by atoms with Gasteiger partial charge < -0.3 is 14.4 Å². The van der Waals surface area contributed by atoms with E-state index < -0.39 is 13.4 Å². The molecule has 0 bridgehead atoms. The van der Waals surface area contributed by atoms with Crippen molar-refractivity contribution < 1.29 is 13.6 Å². The maximum absolute atomic E-state index is 13.3. The lowest BCUT2D eigenvalue weighted by molar-refractivity contribution is 0.214. The summed E-state index contributed by atoms with van der Waals surface area (Å²) in [5.41, 5.74) is 1.34. The van der Waals surface area contributed by atoms with Crippen molar-refractivity contribution in [3.8, 4) is 0 Å². The molecule has 1 unspecified atom stereocenters. The van der Waals surface area contributed by atoms with E-state index in [-0.39, 0.29) is 13.2 Å². The molecule has 0 fully saturated rings. The molecule has 0 spiro atoms. The molecule has 0 heterocycles. The van der Waals surface area contributed by atoms with Gasteiger partial charge in [-0.25, -0.2) is 0 Å². The van der Waals surface area contributed by atoms with Crippen LogP contribution >= 0.6 is 30.8 Å². The Balaban J connectivity index is 2.47. The van der Waals surface area contributed by atoms with Crippen LogP contribution in [0.15, 0.2) is 48.5 Å². The summed E-state index contributed by atoms with van der Waals surface area (Å²) in [6, 6.07) is 14.6. The van der Waals surface area contributed by atoms with Gasteiger partial charge in [0, 0.05) is 0 Å². The second-order valence-electron chi connectivity index (χ2n) is 4.93. The average molecular weight is 388 g/mol. The Morgan fingerprint density at radius 3 is 2.21 bits per heavy atom. The molecular weight excluding hydrogens is 368 g/mol.